The van der Waals surface area contributed by atoms with Crippen LogP contribution in [0.3, 0.4) is 0 Å². The Morgan fingerprint density at radius 1 is 1.09 bits per heavy atom. The van der Waals surface area contributed by atoms with Gasteiger partial charge in [0.05, 0.1) is 23.7 Å². The molecule has 0 aromatic rings. The fraction of sp³-hybridized carbons (Fsp3) is 0.846. The van der Waals surface area contributed by atoms with Gasteiger partial charge in [0.1, 0.15) is 23.7 Å². The van der Waals surface area contributed by atoms with Crippen molar-refractivity contribution in [2.45, 2.75) is 147 Å². The summed E-state index contributed by atoms with van der Waals surface area (Å²) in [5.41, 5.74) is -4.95. The number of methoxy groups -OCH3 is 2. The third-order valence-electron chi connectivity index (χ3n) is 12.6. The molecule has 302 valence electrons. The molecule has 3 aliphatic carbocycles. The molecule has 1 N–H and O–H groups in total. The van der Waals surface area contributed by atoms with E-state index in [1.807, 2.05) is 60.5 Å². The molecular weight excluding hydrogens is 706 g/mol. The summed E-state index contributed by atoms with van der Waals surface area (Å²) in [5.74, 6) is -4.15. The smallest absolute Gasteiger partial charge is 0.337 e. The van der Waals surface area contributed by atoms with Gasteiger partial charge in [-0.15, -0.1) is 11.8 Å². The minimum Gasteiger partial charge on any atom is -0.456 e. The summed E-state index contributed by atoms with van der Waals surface area (Å²) < 4.78 is 42.4. The van der Waals surface area contributed by atoms with Crippen molar-refractivity contribution < 1.29 is 57.4 Å². The van der Waals surface area contributed by atoms with Crippen LogP contribution in [0, 0.1) is 22.7 Å². The maximum absolute atomic E-state index is 15.8. The highest BCUT2D eigenvalue weighted by molar-refractivity contribution is 8.01. The monoisotopic (exact) mass is 769 g/mol. The lowest BCUT2D eigenvalue weighted by Gasteiger charge is -2.68. The van der Waals surface area contributed by atoms with Gasteiger partial charge in [-0.25, -0.2) is 9.59 Å². The molecule has 0 amide bonds. The lowest BCUT2D eigenvalue weighted by Crippen LogP contribution is -2.80. The first-order valence-electron chi connectivity index (χ1n) is 18.6. The number of hydrogen-bond donors (Lipinski definition) is 1. The van der Waals surface area contributed by atoms with E-state index in [9.17, 15) is 19.5 Å². The summed E-state index contributed by atoms with van der Waals surface area (Å²) in [6, 6.07) is -0.352. The second-order valence-electron chi connectivity index (χ2n) is 17.1. The first-order valence-corrected chi connectivity index (χ1v) is 19.5. The van der Waals surface area contributed by atoms with Crippen LogP contribution in [-0.4, -0.2) is 133 Å². The molecule has 0 spiro atoms. The SMILES string of the molecule is COCC(=O)OC1C(=O)[C@]2(C)C(OC(C)(C)SC(C)C)CC3OC[C@@]3(OC(C)=O)C2[C@H](C)C2(O)CC(OC(=O)C(OC)C(C)N(C)C)C(C)=C1C2(C)C. The molecule has 2 saturated carbocycles. The molecule has 1 heterocycles. The van der Waals surface area contributed by atoms with Crippen LogP contribution in [0.2, 0.25) is 0 Å². The summed E-state index contributed by atoms with van der Waals surface area (Å²) in [4.78, 5) is 57.1. The van der Waals surface area contributed by atoms with Crippen LogP contribution in [0.25, 0.3) is 0 Å². The van der Waals surface area contributed by atoms with Gasteiger partial charge in [-0.05, 0) is 65.8 Å². The van der Waals surface area contributed by atoms with Gasteiger partial charge in [0.25, 0.3) is 0 Å². The zero-order valence-corrected chi connectivity index (χ0v) is 35.1. The van der Waals surface area contributed by atoms with Crippen molar-refractivity contribution in [1.29, 1.82) is 0 Å². The molecule has 0 radical (unpaired) electrons. The van der Waals surface area contributed by atoms with Gasteiger partial charge in [-0.1, -0.05) is 34.6 Å². The first-order chi connectivity index (χ1) is 24.4. The molecule has 4 rings (SSSR count). The van der Waals surface area contributed by atoms with Crippen molar-refractivity contribution >= 4 is 35.5 Å². The fourth-order valence-corrected chi connectivity index (χ4v) is 11.2. The quantitative estimate of drug-likeness (QED) is 0.124. The average molecular weight is 770 g/mol. The Kier molecular flexibility index (Phi) is 12.7. The van der Waals surface area contributed by atoms with Crippen molar-refractivity contribution in [3.05, 3.63) is 11.1 Å². The van der Waals surface area contributed by atoms with Crippen LogP contribution in [0.15, 0.2) is 11.1 Å². The van der Waals surface area contributed by atoms with Gasteiger partial charge in [0.15, 0.2) is 23.6 Å². The second-order valence-corrected chi connectivity index (χ2v) is 19.3. The van der Waals surface area contributed by atoms with Crippen molar-refractivity contribution in [2.24, 2.45) is 22.7 Å². The first kappa shape index (κ1) is 43.7. The van der Waals surface area contributed by atoms with Crippen LogP contribution in [-0.2, 0) is 52.3 Å². The van der Waals surface area contributed by atoms with Crippen molar-refractivity contribution in [3.8, 4) is 0 Å². The number of hydrogen-bond acceptors (Lipinski definition) is 14. The lowest BCUT2D eigenvalue weighted by atomic mass is 9.42. The molecule has 3 fully saturated rings. The standard InChI is InChI=1S/C39H63NO12S/c1-20(2)53-36(9,10)52-26-16-27-38(19-48-27,51-24(6)41)32-22(4)39(45)17-25(49-34(44)30(47-15)23(5)40(12)13)21(3)29(35(39,7)8)31(33(43)37(26,32)11)50-28(42)18-46-14/h20,22-23,25-27,30-32,45H,16-19H2,1-15H3/t22-,23?,25?,26?,27?,30?,31?,32?,37+,38-,39?/m0/s1. The maximum atomic E-state index is 15.8. The van der Waals surface area contributed by atoms with E-state index in [1.165, 1.54) is 21.1 Å². The molecule has 2 bridgehead atoms. The van der Waals surface area contributed by atoms with Gasteiger partial charge in [-0.2, -0.15) is 0 Å². The van der Waals surface area contributed by atoms with Crippen LogP contribution >= 0.6 is 11.8 Å². The Labute approximate surface area is 319 Å². The molecule has 4 aliphatic rings. The molecule has 14 heteroatoms. The Morgan fingerprint density at radius 3 is 2.21 bits per heavy atom. The van der Waals surface area contributed by atoms with E-state index < -0.39 is 99.6 Å². The minimum absolute atomic E-state index is 0.00526. The van der Waals surface area contributed by atoms with E-state index in [4.69, 9.17) is 33.2 Å². The molecular formula is C39H63NO12S. The lowest BCUT2D eigenvalue weighted by molar-refractivity contribution is -0.344. The molecule has 1 saturated heterocycles. The molecule has 0 aromatic heterocycles. The third-order valence-corrected chi connectivity index (χ3v) is 13.7. The molecule has 8 unspecified atom stereocenters. The number of nitrogens with zero attached hydrogens (tertiary/aromatic N) is 1. The van der Waals surface area contributed by atoms with E-state index >= 15 is 4.79 Å². The number of ether oxygens (including phenoxy) is 7. The minimum atomic E-state index is -1.72. The number of esters is 3. The average Bonchev–Trinajstić information content (AvgIpc) is 3.02. The number of carbonyl (C=O) groups excluding carboxylic acids is 4. The van der Waals surface area contributed by atoms with E-state index in [2.05, 4.69) is 13.8 Å². The summed E-state index contributed by atoms with van der Waals surface area (Å²) in [7, 11) is 6.43. The number of likely N-dealkylation sites (N-methyl/N-ethyl adjacent to an activating group) is 1. The summed E-state index contributed by atoms with van der Waals surface area (Å²) >= 11 is 1.60. The van der Waals surface area contributed by atoms with Crippen molar-refractivity contribution in [1.82, 2.24) is 4.90 Å². The Hall–Kier alpha value is -2.07. The number of fused-ring (bicyclic) bond motifs is 5. The van der Waals surface area contributed by atoms with E-state index in [1.54, 1.807) is 25.6 Å². The highest BCUT2D eigenvalue weighted by Gasteiger charge is 2.77. The Balaban J connectivity index is 2.03. The predicted octanol–water partition coefficient (Wildman–Crippen LogP) is 4.11. The van der Waals surface area contributed by atoms with Crippen LogP contribution in [0.5, 0.6) is 0 Å². The number of thioether (sulfide) groups is 1. The summed E-state index contributed by atoms with van der Waals surface area (Å²) in [6.45, 7) is 19.7. The predicted molar refractivity (Wildman–Crippen MR) is 198 cm³/mol. The maximum Gasteiger partial charge on any atom is 0.337 e. The van der Waals surface area contributed by atoms with Gasteiger partial charge in [0.2, 0.25) is 0 Å². The van der Waals surface area contributed by atoms with E-state index in [0.717, 1.165) is 0 Å². The number of rotatable bonds is 13. The Bertz CT molecular complexity index is 1460. The van der Waals surface area contributed by atoms with Crippen molar-refractivity contribution in [3.63, 3.8) is 0 Å². The summed E-state index contributed by atoms with van der Waals surface area (Å²) in [5, 5.41) is 13.6. The number of ketones is 1. The number of aliphatic hydroxyl groups is 1. The fourth-order valence-electron chi connectivity index (χ4n) is 9.92. The normalized spacial score (nSPS) is 36.4. The highest BCUT2D eigenvalue weighted by Crippen LogP contribution is 2.66. The van der Waals surface area contributed by atoms with E-state index in [0.29, 0.717) is 11.1 Å². The van der Waals surface area contributed by atoms with Gasteiger partial charge >= 0.3 is 17.9 Å². The second kappa shape index (κ2) is 15.5. The van der Waals surface area contributed by atoms with E-state index in [-0.39, 0.29) is 30.7 Å². The topological polar surface area (TPSA) is 156 Å². The third kappa shape index (κ3) is 7.47. The van der Waals surface area contributed by atoms with Crippen LogP contribution in [0.1, 0.15) is 89.0 Å². The van der Waals surface area contributed by atoms with Crippen LogP contribution in [0.4, 0.5) is 0 Å². The largest absolute Gasteiger partial charge is 0.456 e. The molecule has 11 atom stereocenters. The molecule has 0 aromatic carbocycles. The van der Waals surface area contributed by atoms with Gasteiger partial charge < -0.3 is 43.2 Å². The number of carbonyl (C=O) groups is 4. The van der Waals surface area contributed by atoms with Crippen LogP contribution < -0.4 is 0 Å². The Morgan fingerprint density at radius 2 is 1.72 bits per heavy atom. The molecule has 53 heavy (non-hydrogen) atoms. The zero-order chi connectivity index (χ0) is 40.2. The highest BCUT2D eigenvalue weighted by atomic mass is 32.2. The van der Waals surface area contributed by atoms with Crippen molar-refractivity contribution in [2.75, 3.05) is 41.5 Å². The van der Waals surface area contributed by atoms with Gasteiger partial charge in [-0.3, -0.25) is 9.59 Å². The zero-order valence-electron chi connectivity index (χ0n) is 34.3. The van der Waals surface area contributed by atoms with Gasteiger partial charge in [0, 0.05) is 56.6 Å². The molecule has 13 nitrogen and oxygen atoms in total. The summed E-state index contributed by atoms with van der Waals surface area (Å²) in [6.07, 6.45) is -4.83. The number of Topliss-reactive ketones (excluding diaryl/α,β-unsaturated/α-hetero) is 1. The molecule has 1 aliphatic heterocycles.